The molecular weight excluding hydrogens is 506 g/mol. The fourth-order valence-electron chi connectivity index (χ4n) is 5.72. The van der Waals surface area contributed by atoms with Gasteiger partial charge in [-0.15, -0.1) is 0 Å². The number of nitrogens with one attached hydrogen (secondary N) is 1. The zero-order valence-electron chi connectivity index (χ0n) is 22.3. The number of carbonyl (C=O) groups excluding carboxylic acids is 4. The predicted octanol–water partition coefficient (Wildman–Crippen LogP) is 4.44. The van der Waals surface area contributed by atoms with E-state index in [-0.39, 0.29) is 29.3 Å². The molecule has 1 N–H and O–H groups in total. The summed E-state index contributed by atoms with van der Waals surface area (Å²) in [5.41, 5.74) is 3.23. The van der Waals surface area contributed by atoms with E-state index in [0.29, 0.717) is 43.0 Å². The summed E-state index contributed by atoms with van der Waals surface area (Å²) >= 11 is 0. The van der Waals surface area contributed by atoms with Crippen LogP contribution in [0.15, 0.2) is 72.8 Å². The van der Waals surface area contributed by atoms with Crippen molar-refractivity contribution in [2.45, 2.75) is 31.7 Å². The molecule has 1 saturated carbocycles. The van der Waals surface area contributed by atoms with Gasteiger partial charge in [-0.1, -0.05) is 48.5 Å². The molecule has 8 heteroatoms. The molecule has 8 nitrogen and oxygen atoms in total. The Bertz CT molecular complexity index is 1460. The Labute approximate surface area is 232 Å². The Morgan fingerprint density at radius 3 is 2.12 bits per heavy atom. The van der Waals surface area contributed by atoms with Gasteiger partial charge >= 0.3 is 5.97 Å². The van der Waals surface area contributed by atoms with Crippen LogP contribution in [0.1, 0.15) is 63.6 Å². The predicted molar refractivity (Wildman–Crippen MR) is 149 cm³/mol. The van der Waals surface area contributed by atoms with E-state index in [1.807, 2.05) is 47.4 Å². The van der Waals surface area contributed by atoms with Crippen LogP contribution in [0.3, 0.4) is 0 Å². The van der Waals surface area contributed by atoms with Crippen LogP contribution in [-0.4, -0.2) is 59.5 Å². The molecule has 2 amide bonds. The zero-order valence-corrected chi connectivity index (χ0v) is 22.3. The number of hydrogen-bond donors (Lipinski definition) is 1. The van der Waals surface area contributed by atoms with Crippen LogP contribution >= 0.6 is 0 Å². The molecule has 2 aliphatic heterocycles. The van der Waals surface area contributed by atoms with Crippen LogP contribution in [0.5, 0.6) is 5.75 Å². The fraction of sp³-hybridized carbons (Fsp3) is 0.312. The minimum absolute atomic E-state index is 0.0614. The number of benzene rings is 3. The summed E-state index contributed by atoms with van der Waals surface area (Å²) < 4.78 is 5.38. The summed E-state index contributed by atoms with van der Waals surface area (Å²) in [6.07, 6.45) is 1.96. The minimum atomic E-state index is -0.566. The van der Waals surface area contributed by atoms with E-state index in [2.05, 4.69) is 5.32 Å². The molecule has 2 heterocycles. The second-order valence-electron chi connectivity index (χ2n) is 10.7. The second-order valence-corrected chi connectivity index (χ2v) is 10.7. The first-order valence-electron chi connectivity index (χ1n) is 13.8. The molecule has 3 aromatic rings. The Balaban J connectivity index is 1.25. The number of ketones is 1. The summed E-state index contributed by atoms with van der Waals surface area (Å²) in [5, 5.41) is 3.50. The van der Waals surface area contributed by atoms with Crippen molar-refractivity contribution in [3.63, 3.8) is 0 Å². The van der Waals surface area contributed by atoms with Crippen LogP contribution in [-0.2, 0) is 9.59 Å². The van der Waals surface area contributed by atoms with Gasteiger partial charge in [-0.3, -0.25) is 19.2 Å². The van der Waals surface area contributed by atoms with Crippen molar-refractivity contribution in [3.05, 3.63) is 95.1 Å². The van der Waals surface area contributed by atoms with Crippen LogP contribution in [0.4, 0.5) is 5.69 Å². The molecule has 2 fully saturated rings. The molecule has 0 aromatic heterocycles. The summed E-state index contributed by atoms with van der Waals surface area (Å²) in [6.45, 7) is 3.50. The fourth-order valence-corrected chi connectivity index (χ4v) is 5.72. The van der Waals surface area contributed by atoms with Crippen molar-refractivity contribution in [3.8, 4) is 5.75 Å². The number of anilines is 1. The topological polar surface area (TPSA) is 96.0 Å². The maximum atomic E-state index is 14.0. The Hall–Kier alpha value is -4.46. The summed E-state index contributed by atoms with van der Waals surface area (Å²) in [5.74, 6) is -0.605. The van der Waals surface area contributed by atoms with E-state index in [9.17, 15) is 19.2 Å². The number of rotatable bonds is 5. The number of ether oxygens (including phenoxy) is 1. The van der Waals surface area contributed by atoms with Crippen molar-refractivity contribution in [2.24, 2.45) is 5.92 Å². The first-order chi connectivity index (χ1) is 19.4. The number of piperazine rings is 1. The van der Waals surface area contributed by atoms with Gasteiger partial charge in [-0.05, 0) is 48.2 Å². The van der Waals surface area contributed by atoms with E-state index in [0.717, 1.165) is 24.0 Å². The minimum Gasteiger partial charge on any atom is -0.426 e. The molecule has 3 aliphatic rings. The Kier molecular flexibility index (Phi) is 6.84. The van der Waals surface area contributed by atoms with E-state index in [1.54, 1.807) is 35.2 Å². The van der Waals surface area contributed by atoms with Crippen LogP contribution in [0.2, 0.25) is 0 Å². The lowest BCUT2D eigenvalue weighted by atomic mass is 9.78. The first kappa shape index (κ1) is 25.8. The standard InChI is InChI=1S/C32H31N3O5/c1-20(36)40-26-9-5-8-25-28(26)30(37)27(21-6-3-2-4-7-21)29(33-25)22-10-12-23(13-11-22)31(38)34-16-18-35(19-17-34)32(39)24-14-15-24/h2-13,24,27,29,33H,14-19H2,1H3. The van der Waals surface area contributed by atoms with Crippen molar-refractivity contribution in [1.29, 1.82) is 0 Å². The molecule has 6 rings (SSSR count). The smallest absolute Gasteiger partial charge is 0.308 e. The number of fused-ring (bicyclic) bond motifs is 1. The van der Waals surface area contributed by atoms with Gasteiger partial charge in [0.25, 0.3) is 5.91 Å². The third-order valence-corrected chi connectivity index (χ3v) is 7.93. The van der Waals surface area contributed by atoms with Gasteiger partial charge in [0.2, 0.25) is 5.91 Å². The van der Waals surface area contributed by atoms with Crippen molar-refractivity contribution in [1.82, 2.24) is 9.80 Å². The van der Waals surface area contributed by atoms with Crippen LogP contribution in [0.25, 0.3) is 0 Å². The maximum Gasteiger partial charge on any atom is 0.308 e. The molecule has 204 valence electrons. The normalized spacial score (nSPS) is 20.4. The quantitative estimate of drug-likeness (QED) is 0.382. The lowest BCUT2D eigenvalue weighted by Crippen LogP contribution is -2.51. The van der Waals surface area contributed by atoms with Gasteiger partial charge in [0.15, 0.2) is 5.78 Å². The molecule has 0 radical (unpaired) electrons. The monoisotopic (exact) mass is 537 g/mol. The van der Waals surface area contributed by atoms with Gasteiger partial charge in [0.05, 0.1) is 17.5 Å². The van der Waals surface area contributed by atoms with E-state index < -0.39 is 17.9 Å². The van der Waals surface area contributed by atoms with E-state index >= 15 is 0 Å². The van der Waals surface area contributed by atoms with Gasteiger partial charge in [-0.2, -0.15) is 0 Å². The average Bonchev–Trinajstić information content (AvgIpc) is 3.82. The number of hydrogen-bond acceptors (Lipinski definition) is 6. The Morgan fingerprint density at radius 1 is 0.800 bits per heavy atom. The molecule has 40 heavy (non-hydrogen) atoms. The van der Waals surface area contributed by atoms with Gasteiger partial charge < -0.3 is 19.9 Å². The lowest BCUT2D eigenvalue weighted by molar-refractivity contribution is -0.134. The highest BCUT2D eigenvalue weighted by molar-refractivity contribution is 6.10. The van der Waals surface area contributed by atoms with Crippen LogP contribution < -0.4 is 10.1 Å². The molecular formula is C32H31N3O5. The van der Waals surface area contributed by atoms with Crippen molar-refractivity contribution >= 4 is 29.3 Å². The summed E-state index contributed by atoms with van der Waals surface area (Å²) in [6, 6.07) is 21.7. The molecule has 0 spiro atoms. The largest absolute Gasteiger partial charge is 0.426 e. The second kappa shape index (κ2) is 10.6. The van der Waals surface area contributed by atoms with E-state index in [4.69, 9.17) is 4.74 Å². The van der Waals surface area contributed by atoms with Gasteiger partial charge in [0, 0.05) is 50.3 Å². The summed E-state index contributed by atoms with van der Waals surface area (Å²) in [7, 11) is 0. The number of carbonyl (C=O) groups is 4. The highest BCUT2D eigenvalue weighted by Gasteiger charge is 2.40. The third-order valence-electron chi connectivity index (χ3n) is 7.93. The molecule has 3 aromatic carbocycles. The number of nitrogens with zero attached hydrogens (tertiary/aromatic N) is 2. The lowest BCUT2D eigenvalue weighted by Gasteiger charge is -2.35. The zero-order chi connectivity index (χ0) is 27.8. The molecule has 2 unspecified atom stereocenters. The van der Waals surface area contributed by atoms with E-state index in [1.165, 1.54) is 6.92 Å². The van der Waals surface area contributed by atoms with Crippen molar-refractivity contribution < 1.29 is 23.9 Å². The number of Topliss-reactive ketones (excluding diaryl/α,β-unsaturated/α-hetero) is 1. The number of amides is 2. The highest BCUT2D eigenvalue weighted by atomic mass is 16.5. The third kappa shape index (κ3) is 4.97. The number of esters is 1. The summed E-state index contributed by atoms with van der Waals surface area (Å²) in [4.78, 5) is 55.0. The molecule has 0 bridgehead atoms. The maximum absolute atomic E-state index is 14.0. The van der Waals surface area contributed by atoms with Crippen molar-refractivity contribution in [2.75, 3.05) is 31.5 Å². The SMILES string of the molecule is CC(=O)Oc1cccc2c1C(=O)C(c1ccccc1)C(c1ccc(C(=O)N3CCN(C(=O)C4CC4)CC3)cc1)N2. The average molecular weight is 538 g/mol. The Morgan fingerprint density at radius 2 is 1.48 bits per heavy atom. The molecule has 1 saturated heterocycles. The van der Waals surface area contributed by atoms with Gasteiger partial charge in [0.1, 0.15) is 5.75 Å². The van der Waals surface area contributed by atoms with Gasteiger partial charge in [-0.25, -0.2) is 0 Å². The molecule has 1 aliphatic carbocycles. The highest BCUT2D eigenvalue weighted by Crippen LogP contribution is 2.45. The van der Waals surface area contributed by atoms with Crippen LogP contribution in [0, 0.1) is 5.92 Å². The first-order valence-corrected chi connectivity index (χ1v) is 13.8. The molecule has 2 atom stereocenters.